The second-order valence-electron chi connectivity index (χ2n) is 6.62. The fraction of sp³-hybridized carbons (Fsp3) is 1.00. The first kappa shape index (κ1) is 18.0. The quantitative estimate of drug-likeness (QED) is 0.511. The molecule has 1 atom stereocenters. The van der Waals surface area contributed by atoms with E-state index in [0.29, 0.717) is 12.6 Å². The highest BCUT2D eigenvalue weighted by atomic mass is 16.3. The van der Waals surface area contributed by atoms with E-state index in [4.69, 9.17) is 0 Å². The Labute approximate surface area is 126 Å². The molecule has 0 unspecified atom stereocenters. The highest BCUT2D eigenvalue weighted by Crippen LogP contribution is 2.26. The van der Waals surface area contributed by atoms with Crippen LogP contribution in [0.5, 0.6) is 0 Å². The Balaban J connectivity index is 1.93. The molecule has 0 amide bonds. The molecular formula is C18H37NO. The molecule has 0 bridgehead atoms. The van der Waals surface area contributed by atoms with Gasteiger partial charge in [-0.05, 0) is 31.7 Å². The van der Waals surface area contributed by atoms with Crippen LogP contribution in [0.3, 0.4) is 0 Å². The van der Waals surface area contributed by atoms with Crippen molar-refractivity contribution in [2.24, 2.45) is 5.92 Å². The fourth-order valence-corrected chi connectivity index (χ4v) is 3.46. The van der Waals surface area contributed by atoms with Crippen molar-refractivity contribution < 1.29 is 5.11 Å². The lowest BCUT2D eigenvalue weighted by Gasteiger charge is -2.29. The molecule has 2 N–H and O–H groups in total. The Morgan fingerprint density at radius 3 is 2.10 bits per heavy atom. The van der Waals surface area contributed by atoms with E-state index in [9.17, 15) is 5.11 Å². The zero-order chi connectivity index (χ0) is 14.5. The SMILES string of the molecule is CCCCCCCCCCN[C@H](CO)C1CCCCC1. The average Bonchev–Trinajstić information content (AvgIpc) is 2.50. The van der Waals surface area contributed by atoms with Crippen molar-refractivity contribution >= 4 is 0 Å². The molecule has 1 saturated carbocycles. The van der Waals surface area contributed by atoms with E-state index in [1.807, 2.05) is 0 Å². The van der Waals surface area contributed by atoms with Gasteiger partial charge in [0.15, 0.2) is 0 Å². The van der Waals surface area contributed by atoms with Gasteiger partial charge in [-0.25, -0.2) is 0 Å². The molecule has 0 aliphatic heterocycles. The molecule has 0 aromatic heterocycles. The third-order valence-corrected chi connectivity index (χ3v) is 4.85. The van der Waals surface area contributed by atoms with Crippen molar-refractivity contribution in [3.63, 3.8) is 0 Å². The van der Waals surface area contributed by atoms with E-state index in [1.165, 1.54) is 83.5 Å². The lowest BCUT2D eigenvalue weighted by molar-refractivity contribution is 0.171. The summed E-state index contributed by atoms with van der Waals surface area (Å²) in [5.74, 6) is 0.725. The Kier molecular flexibility index (Phi) is 11.4. The van der Waals surface area contributed by atoms with Crippen LogP contribution in [0.1, 0.15) is 90.4 Å². The molecule has 0 aromatic rings. The number of aliphatic hydroxyl groups excluding tert-OH is 1. The van der Waals surface area contributed by atoms with Gasteiger partial charge in [0.25, 0.3) is 0 Å². The summed E-state index contributed by atoms with van der Waals surface area (Å²) in [5.41, 5.74) is 0. The third kappa shape index (κ3) is 8.26. The van der Waals surface area contributed by atoms with Crippen LogP contribution >= 0.6 is 0 Å². The van der Waals surface area contributed by atoms with Gasteiger partial charge in [-0.15, -0.1) is 0 Å². The molecule has 20 heavy (non-hydrogen) atoms. The van der Waals surface area contributed by atoms with Gasteiger partial charge in [-0.3, -0.25) is 0 Å². The smallest absolute Gasteiger partial charge is 0.0587 e. The molecule has 0 heterocycles. The first-order chi connectivity index (χ1) is 9.88. The second kappa shape index (κ2) is 12.6. The fourth-order valence-electron chi connectivity index (χ4n) is 3.46. The van der Waals surface area contributed by atoms with Gasteiger partial charge >= 0.3 is 0 Å². The van der Waals surface area contributed by atoms with Crippen molar-refractivity contribution in [2.75, 3.05) is 13.2 Å². The number of nitrogens with one attached hydrogen (secondary N) is 1. The summed E-state index contributed by atoms with van der Waals surface area (Å²) in [6, 6.07) is 0.361. The molecular weight excluding hydrogens is 246 g/mol. The normalized spacial score (nSPS) is 18.3. The maximum Gasteiger partial charge on any atom is 0.0587 e. The summed E-state index contributed by atoms with van der Waals surface area (Å²) in [4.78, 5) is 0. The van der Waals surface area contributed by atoms with Crippen molar-refractivity contribution in [1.82, 2.24) is 5.32 Å². The summed E-state index contributed by atoms with van der Waals surface area (Å²) in [6.07, 6.45) is 17.8. The lowest BCUT2D eigenvalue weighted by Crippen LogP contribution is -2.40. The molecule has 1 aliphatic rings. The lowest BCUT2D eigenvalue weighted by atomic mass is 9.84. The second-order valence-corrected chi connectivity index (χ2v) is 6.62. The van der Waals surface area contributed by atoms with E-state index in [1.54, 1.807) is 0 Å². The molecule has 0 spiro atoms. The van der Waals surface area contributed by atoms with Crippen molar-refractivity contribution in [1.29, 1.82) is 0 Å². The number of unbranched alkanes of at least 4 members (excludes halogenated alkanes) is 7. The number of rotatable bonds is 12. The van der Waals surface area contributed by atoms with E-state index in [2.05, 4.69) is 12.2 Å². The predicted molar refractivity (Wildman–Crippen MR) is 88.1 cm³/mol. The van der Waals surface area contributed by atoms with Crippen molar-refractivity contribution in [3.05, 3.63) is 0 Å². The molecule has 120 valence electrons. The van der Waals surface area contributed by atoms with Crippen LogP contribution in [-0.2, 0) is 0 Å². The summed E-state index contributed by atoms with van der Waals surface area (Å²) in [7, 11) is 0. The van der Waals surface area contributed by atoms with E-state index < -0.39 is 0 Å². The van der Waals surface area contributed by atoms with Gasteiger partial charge < -0.3 is 10.4 Å². The van der Waals surface area contributed by atoms with E-state index in [-0.39, 0.29) is 0 Å². The number of hydrogen-bond acceptors (Lipinski definition) is 2. The highest BCUT2D eigenvalue weighted by molar-refractivity contribution is 4.78. The highest BCUT2D eigenvalue weighted by Gasteiger charge is 2.22. The zero-order valence-corrected chi connectivity index (χ0v) is 13.7. The molecule has 2 heteroatoms. The van der Waals surface area contributed by atoms with Crippen molar-refractivity contribution in [2.45, 2.75) is 96.4 Å². The average molecular weight is 284 g/mol. The van der Waals surface area contributed by atoms with Gasteiger partial charge in [-0.1, -0.05) is 71.1 Å². The molecule has 2 nitrogen and oxygen atoms in total. The molecule has 0 saturated heterocycles. The minimum absolute atomic E-state index is 0.321. The topological polar surface area (TPSA) is 32.3 Å². The van der Waals surface area contributed by atoms with E-state index in [0.717, 1.165) is 12.5 Å². The summed E-state index contributed by atoms with van der Waals surface area (Å²) in [6.45, 7) is 3.69. The monoisotopic (exact) mass is 283 g/mol. The largest absolute Gasteiger partial charge is 0.395 e. The Morgan fingerprint density at radius 2 is 1.50 bits per heavy atom. The van der Waals surface area contributed by atoms with Crippen LogP contribution in [0.15, 0.2) is 0 Å². The van der Waals surface area contributed by atoms with Gasteiger partial charge in [0, 0.05) is 6.04 Å². The molecule has 1 rings (SSSR count). The molecule has 1 fully saturated rings. The van der Waals surface area contributed by atoms with E-state index >= 15 is 0 Å². The minimum Gasteiger partial charge on any atom is -0.395 e. The molecule has 1 aliphatic carbocycles. The number of aliphatic hydroxyl groups is 1. The zero-order valence-electron chi connectivity index (χ0n) is 13.7. The van der Waals surface area contributed by atoms with Gasteiger partial charge in [0.2, 0.25) is 0 Å². The molecule has 0 aromatic carbocycles. The van der Waals surface area contributed by atoms with Crippen LogP contribution < -0.4 is 5.32 Å². The first-order valence-corrected chi connectivity index (χ1v) is 9.22. The van der Waals surface area contributed by atoms with Crippen LogP contribution in [0, 0.1) is 5.92 Å². The Morgan fingerprint density at radius 1 is 0.900 bits per heavy atom. The van der Waals surface area contributed by atoms with Crippen molar-refractivity contribution in [3.8, 4) is 0 Å². The van der Waals surface area contributed by atoms with Gasteiger partial charge in [0.1, 0.15) is 0 Å². The van der Waals surface area contributed by atoms with Gasteiger partial charge in [-0.2, -0.15) is 0 Å². The Bertz CT molecular complexity index is 202. The van der Waals surface area contributed by atoms with Crippen LogP contribution in [0.25, 0.3) is 0 Å². The van der Waals surface area contributed by atoms with Crippen LogP contribution in [0.2, 0.25) is 0 Å². The maximum absolute atomic E-state index is 9.54. The minimum atomic E-state index is 0.321. The summed E-state index contributed by atoms with van der Waals surface area (Å²) >= 11 is 0. The third-order valence-electron chi connectivity index (χ3n) is 4.85. The van der Waals surface area contributed by atoms with Gasteiger partial charge in [0.05, 0.1) is 6.61 Å². The molecule has 0 radical (unpaired) electrons. The standard InChI is InChI=1S/C18H37NO/c1-2-3-4-5-6-7-8-12-15-19-18(16-20)17-13-10-9-11-14-17/h17-20H,2-16H2,1H3/t18-/m1/s1. The first-order valence-electron chi connectivity index (χ1n) is 9.22. The van der Waals surface area contributed by atoms with Crippen LogP contribution in [-0.4, -0.2) is 24.3 Å². The maximum atomic E-state index is 9.54. The Hall–Kier alpha value is -0.0800. The number of hydrogen-bond donors (Lipinski definition) is 2. The predicted octanol–water partition coefficient (Wildman–Crippen LogP) is 4.66. The summed E-state index contributed by atoms with van der Waals surface area (Å²) < 4.78 is 0. The summed E-state index contributed by atoms with van der Waals surface area (Å²) in [5, 5.41) is 13.1. The van der Waals surface area contributed by atoms with Crippen LogP contribution in [0.4, 0.5) is 0 Å².